The second kappa shape index (κ2) is 7.24. The highest BCUT2D eigenvalue weighted by Gasteiger charge is 2.25. The SMILES string of the molecule is CC(C)NC(=O)c1nc[nH]c1C(=O)N1CCCCCCC1. The van der Waals surface area contributed by atoms with Crippen molar-refractivity contribution < 1.29 is 9.59 Å². The fraction of sp³-hybridized carbons (Fsp3) is 0.667. The molecule has 21 heavy (non-hydrogen) atoms. The molecule has 1 aromatic heterocycles. The van der Waals surface area contributed by atoms with Gasteiger partial charge in [-0.25, -0.2) is 4.98 Å². The number of carbonyl (C=O) groups is 2. The number of nitrogens with one attached hydrogen (secondary N) is 2. The van der Waals surface area contributed by atoms with Gasteiger partial charge in [-0.05, 0) is 26.7 Å². The Labute approximate surface area is 125 Å². The molecule has 0 aliphatic carbocycles. The third-order valence-electron chi connectivity index (χ3n) is 3.63. The molecule has 1 aromatic rings. The summed E-state index contributed by atoms with van der Waals surface area (Å²) >= 11 is 0. The van der Waals surface area contributed by atoms with E-state index in [4.69, 9.17) is 0 Å². The topological polar surface area (TPSA) is 78.1 Å². The lowest BCUT2D eigenvalue weighted by Gasteiger charge is -2.24. The second-order valence-electron chi connectivity index (χ2n) is 5.81. The van der Waals surface area contributed by atoms with Crippen LogP contribution in [-0.2, 0) is 0 Å². The molecule has 0 bridgehead atoms. The van der Waals surface area contributed by atoms with E-state index in [1.54, 1.807) is 0 Å². The fourth-order valence-corrected chi connectivity index (χ4v) is 2.57. The van der Waals surface area contributed by atoms with Gasteiger partial charge in [-0.2, -0.15) is 0 Å². The van der Waals surface area contributed by atoms with Crippen LogP contribution >= 0.6 is 0 Å². The monoisotopic (exact) mass is 292 g/mol. The molecule has 1 aliphatic heterocycles. The van der Waals surface area contributed by atoms with Gasteiger partial charge in [0.25, 0.3) is 11.8 Å². The van der Waals surface area contributed by atoms with Crippen LogP contribution in [0.25, 0.3) is 0 Å². The normalized spacial score (nSPS) is 16.4. The highest BCUT2D eigenvalue weighted by Crippen LogP contribution is 2.14. The molecule has 2 amide bonds. The zero-order valence-corrected chi connectivity index (χ0v) is 12.8. The minimum absolute atomic E-state index is 0.0128. The van der Waals surface area contributed by atoms with E-state index in [1.807, 2.05) is 18.7 Å². The highest BCUT2D eigenvalue weighted by molar-refractivity contribution is 6.04. The summed E-state index contributed by atoms with van der Waals surface area (Å²) < 4.78 is 0. The number of amides is 2. The van der Waals surface area contributed by atoms with Crippen molar-refractivity contribution in [2.24, 2.45) is 0 Å². The summed E-state index contributed by atoms with van der Waals surface area (Å²) in [6.07, 6.45) is 7.02. The van der Waals surface area contributed by atoms with Gasteiger partial charge in [-0.3, -0.25) is 9.59 Å². The van der Waals surface area contributed by atoms with Crippen molar-refractivity contribution in [3.63, 3.8) is 0 Å². The zero-order valence-electron chi connectivity index (χ0n) is 12.8. The van der Waals surface area contributed by atoms with E-state index in [0.29, 0.717) is 5.69 Å². The van der Waals surface area contributed by atoms with Gasteiger partial charge >= 0.3 is 0 Å². The minimum Gasteiger partial charge on any atom is -0.348 e. The first-order valence-electron chi connectivity index (χ1n) is 7.73. The molecule has 0 atom stereocenters. The third-order valence-corrected chi connectivity index (χ3v) is 3.63. The maximum atomic E-state index is 12.6. The molecular weight excluding hydrogens is 268 g/mol. The lowest BCUT2D eigenvalue weighted by atomic mass is 10.1. The average Bonchev–Trinajstić information content (AvgIpc) is 2.85. The third kappa shape index (κ3) is 4.06. The number of rotatable bonds is 3. The number of hydrogen-bond acceptors (Lipinski definition) is 3. The van der Waals surface area contributed by atoms with Gasteiger partial charge in [0.1, 0.15) is 5.69 Å². The van der Waals surface area contributed by atoms with Crippen molar-refractivity contribution in [3.05, 3.63) is 17.7 Å². The van der Waals surface area contributed by atoms with Gasteiger partial charge in [0.05, 0.1) is 6.33 Å². The predicted molar refractivity (Wildman–Crippen MR) is 80.2 cm³/mol. The van der Waals surface area contributed by atoms with Crippen LogP contribution in [-0.4, -0.2) is 45.8 Å². The van der Waals surface area contributed by atoms with Crippen molar-refractivity contribution in [2.45, 2.75) is 52.0 Å². The Kier molecular flexibility index (Phi) is 5.36. The smallest absolute Gasteiger partial charge is 0.272 e. The summed E-state index contributed by atoms with van der Waals surface area (Å²) in [4.78, 5) is 33.4. The minimum atomic E-state index is -0.304. The molecule has 0 radical (unpaired) electrons. The van der Waals surface area contributed by atoms with E-state index in [9.17, 15) is 9.59 Å². The quantitative estimate of drug-likeness (QED) is 0.894. The Morgan fingerprint density at radius 2 is 1.81 bits per heavy atom. The Hall–Kier alpha value is -1.85. The molecule has 0 spiro atoms. The van der Waals surface area contributed by atoms with Crippen molar-refractivity contribution >= 4 is 11.8 Å². The Balaban J connectivity index is 2.11. The molecule has 1 saturated heterocycles. The first-order valence-corrected chi connectivity index (χ1v) is 7.73. The van der Waals surface area contributed by atoms with E-state index >= 15 is 0 Å². The molecule has 0 saturated carbocycles. The number of hydrogen-bond donors (Lipinski definition) is 2. The van der Waals surface area contributed by atoms with Crippen LogP contribution in [0.15, 0.2) is 6.33 Å². The molecule has 2 N–H and O–H groups in total. The number of H-pyrrole nitrogens is 1. The first-order chi connectivity index (χ1) is 10.1. The summed E-state index contributed by atoms with van der Waals surface area (Å²) in [5, 5.41) is 2.77. The van der Waals surface area contributed by atoms with Crippen LogP contribution < -0.4 is 5.32 Å². The van der Waals surface area contributed by atoms with E-state index in [-0.39, 0.29) is 23.6 Å². The molecule has 6 nitrogen and oxygen atoms in total. The largest absolute Gasteiger partial charge is 0.348 e. The van der Waals surface area contributed by atoms with Crippen LogP contribution in [0.3, 0.4) is 0 Å². The number of carbonyl (C=O) groups excluding carboxylic acids is 2. The number of imidazole rings is 1. The number of aromatic amines is 1. The van der Waals surface area contributed by atoms with Gasteiger partial charge in [0.2, 0.25) is 0 Å². The van der Waals surface area contributed by atoms with Crippen LogP contribution in [0.1, 0.15) is 66.9 Å². The summed E-state index contributed by atoms with van der Waals surface area (Å²) in [5.41, 5.74) is 0.490. The second-order valence-corrected chi connectivity index (χ2v) is 5.81. The number of aromatic nitrogens is 2. The first kappa shape index (κ1) is 15.5. The number of nitrogens with zero attached hydrogens (tertiary/aromatic N) is 2. The molecule has 116 valence electrons. The molecule has 2 heterocycles. The van der Waals surface area contributed by atoms with E-state index in [1.165, 1.54) is 12.7 Å². The summed E-state index contributed by atoms with van der Waals surface area (Å²) in [6.45, 7) is 5.26. The Morgan fingerprint density at radius 3 is 2.43 bits per heavy atom. The summed E-state index contributed by atoms with van der Waals surface area (Å²) in [7, 11) is 0. The molecule has 2 rings (SSSR count). The Morgan fingerprint density at radius 1 is 1.19 bits per heavy atom. The van der Waals surface area contributed by atoms with Gasteiger partial charge in [-0.15, -0.1) is 0 Å². The Bertz CT molecular complexity index is 488. The standard InChI is InChI=1S/C15H24N4O2/c1-11(2)18-14(20)12-13(17-10-16-12)15(21)19-8-6-4-3-5-7-9-19/h10-11H,3-9H2,1-2H3,(H,16,17)(H,18,20). The maximum Gasteiger partial charge on any atom is 0.272 e. The van der Waals surface area contributed by atoms with Crippen molar-refractivity contribution in [3.8, 4) is 0 Å². The lowest BCUT2D eigenvalue weighted by molar-refractivity contribution is 0.0730. The van der Waals surface area contributed by atoms with Crippen molar-refractivity contribution in [1.29, 1.82) is 0 Å². The van der Waals surface area contributed by atoms with E-state index in [2.05, 4.69) is 15.3 Å². The van der Waals surface area contributed by atoms with Crippen molar-refractivity contribution in [2.75, 3.05) is 13.1 Å². The summed E-state index contributed by atoms with van der Waals surface area (Å²) in [5.74, 6) is -0.426. The molecule has 1 aliphatic rings. The molecule has 0 aromatic carbocycles. The summed E-state index contributed by atoms with van der Waals surface area (Å²) in [6, 6.07) is 0.0128. The number of likely N-dealkylation sites (tertiary alicyclic amines) is 1. The molecular formula is C15H24N4O2. The zero-order chi connectivity index (χ0) is 15.2. The average molecular weight is 292 g/mol. The lowest BCUT2D eigenvalue weighted by Crippen LogP contribution is -2.37. The van der Waals surface area contributed by atoms with Crippen LogP contribution in [0.2, 0.25) is 0 Å². The highest BCUT2D eigenvalue weighted by atomic mass is 16.2. The predicted octanol–water partition coefficient (Wildman–Crippen LogP) is 1.95. The van der Waals surface area contributed by atoms with Gasteiger partial charge in [-0.1, -0.05) is 19.3 Å². The van der Waals surface area contributed by atoms with Gasteiger partial charge in [0, 0.05) is 19.1 Å². The van der Waals surface area contributed by atoms with E-state index in [0.717, 1.165) is 38.8 Å². The van der Waals surface area contributed by atoms with E-state index < -0.39 is 0 Å². The molecule has 6 heteroatoms. The van der Waals surface area contributed by atoms with Gasteiger partial charge < -0.3 is 15.2 Å². The van der Waals surface area contributed by atoms with Crippen LogP contribution in [0.5, 0.6) is 0 Å². The molecule has 0 unspecified atom stereocenters. The maximum absolute atomic E-state index is 12.6. The van der Waals surface area contributed by atoms with Crippen molar-refractivity contribution in [1.82, 2.24) is 20.2 Å². The van der Waals surface area contributed by atoms with Crippen LogP contribution in [0, 0.1) is 0 Å². The molecule has 1 fully saturated rings. The van der Waals surface area contributed by atoms with Crippen LogP contribution in [0.4, 0.5) is 0 Å². The fourth-order valence-electron chi connectivity index (χ4n) is 2.57. The van der Waals surface area contributed by atoms with Gasteiger partial charge in [0.15, 0.2) is 5.69 Å².